The van der Waals surface area contributed by atoms with Crippen molar-refractivity contribution in [3.63, 3.8) is 0 Å². The van der Waals surface area contributed by atoms with Crippen LogP contribution in [0.25, 0.3) is 0 Å². The van der Waals surface area contributed by atoms with Crippen molar-refractivity contribution in [2.24, 2.45) is 0 Å². The van der Waals surface area contributed by atoms with Crippen LogP contribution in [0.2, 0.25) is 0 Å². The molecular formula is C18H26N2O3S. The average molecular weight is 350 g/mol. The summed E-state index contributed by atoms with van der Waals surface area (Å²) in [5, 5.41) is 0. The Labute approximate surface area is 147 Å². The quantitative estimate of drug-likeness (QED) is 0.766. The summed E-state index contributed by atoms with van der Waals surface area (Å²) in [6, 6.07) is 3.89. The van der Waals surface area contributed by atoms with Gasteiger partial charge in [0.2, 0.25) is 0 Å². The number of morpholine rings is 1. The van der Waals surface area contributed by atoms with Crippen LogP contribution in [-0.4, -0.2) is 66.9 Å². The van der Waals surface area contributed by atoms with Crippen LogP contribution in [0.1, 0.15) is 52.0 Å². The number of ether oxygens (including phenoxy) is 1. The van der Waals surface area contributed by atoms with Crippen molar-refractivity contribution in [1.29, 1.82) is 0 Å². The summed E-state index contributed by atoms with van der Waals surface area (Å²) in [5.74, 6) is 0.126. The number of Topliss-reactive ketones (excluding diaryl/α,β-unsaturated/α-hetero) is 1. The number of carbonyl (C=O) groups excluding carboxylic acids is 2. The highest BCUT2D eigenvalue weighted by molar-refractivity contribution is 7.15. The number of carbonyl (C=O) groups is 2. The zero-order chi connectivity index (χ0) is 16.9. The van der Waals surface area contributed by atoms with E-state index in [1.165, 1.54) is 17.8 Å². The molecular weight excluding hydrogens is 324 g/mol. The largest absolute Gasteiger partial charge is 0.379 e. The molecule has 0 aliphatic carbocycles. The molecule has 1 amide bonds. The van der Waals surface area contributed by atoms with E-state index in [1.54, 1.807) is 19.1 Å². The summed E-state index contributed by atoms with van der Waals surface area (Å²) in [5.41, 5.74) is 0. The van der Waals surface area contributed by atoms with Gasteiger partial charge in [-0.05, 0) is 44.7 Å². The standard InChI is InChI=1S/C18H26N2O3S/c1-14(21)16-5-6-17(24-16)18(22)20-8-3-2-4-15(20)7-9-19-10-12-23-13-11-19/h5-6,15H,2-4,7-13H2,1H3. The Hall–Kier alpha value is -1.24. The number of rotatable bonds is 5. The van der Waals surface area contributed by atoms with Crippen LogP contribution in [0.3, 0.4) is 0 Å². The molecule has 24 heavy (non-hydrogen) atoms. The molecule has 1 atom stereocenters. The lowest BCUT2D eigenvalue weighted by molar-refractivity contribution is 0.0296. The highest BCUT2D eigenvalue weighted by Crippen LogP contribution is 2.25. The van der Waals surface area contributed by atoms with Crippen molar-refractivity contribution < 1.29 is 14.3 Å². The Morgan fingerprint density at radius 1 is 1.17 bits per heavy atom. The molecule has 0 aromatic carbocycles. The van der Waals surface area contributed by atoms with E-state index in [0.717, 1.165) is 58.7 Å². The molecule has 1 aromatic rings. The van der Waals surface area contributed by atoms with Gasteiger partial charge in [0.25, 0.3) is 5.91 Å². The number of nitrogens with zero attached hydrogens (tertiary/aromatic N) is 2. The minimum absolute atomic E-state index is 0.0292. The Morgan fingerprint density at radius 3 is 2.62 bits per heavy atom. The van der Waals surface area contributed by atoms with E-state index >= 15 is 0 Å². The molecule has 132 valence electrons. The second-order valence-corrected chi connectivity index (χ2v) is 7.69. The summed E-state index contributed by atoms with van der Waals surface area (Å²) >= 11 is 1.32. The summed E-state index contributed by atoms with van der Waals surface area (Å²) in [6.07, 6.45) is 4.38. The molecule has 1 aromatic heterocycles. The second kappa shape index (κ2) is 8.23. The summed E-state index contributed by atoms with van der Waals surface area (Å²) < 4.78 is 5.40. The van der Waals surface area contributed by atoms with Crippen molar-refractivity contribution in [2.45, 2.75) is 38.6 Å². The van der Waals surface area contributed by atoms with E-state index in [1.807, 2.05) is 4.90 Å². The van der Waals surface area contributed by atoms with Gasteiger partial charge in [-0.3, -0.25) is 14.5 Å². The Balaban J connectivity index is 1.62. The lowest BCUT2D eigenvalue weighted by Crippen LogP contribution is -2.46. The van der Waals surface area contributed by atoms with E-state index < -0.39 is 0 Å². The first-order valence-corrected chi connectivity index (χ1v) is 9.68. The molecule has 2 aliphatic heterocycles. The number of amides is 1. The van der Waals surface area contributed by atoms with E-state index in [0.29, 0.717) is 15.8 Å². The molecule has 2 aliphatic rings. The normalized spacial score (nSPS) is 22.5. The fourth-order valence-electron chi connectivity index (χ4n) is 3.51. The molecule has 0 N–H and O–H groups in total. The van der Waals surface area contributed by atoms with Crippen LogP contribution < -0.4 is 0 Å². The lowest BCUT2D eigenvalue weighted by Gasteiger charge is -2.37. The smallest absolute Gasteiger partial charge is 0.264 e. The molecule has 5 nitrogen and oxygen atoms in total. The van der Waals surface area contributed by atoms with Crippen LogP contribution >= 0.6 is 11.3 Å². The number of hydrogen-bond donors (Lipinski definition) is 0. The third-order valence-corrected chi connectivity index (χ3v) is 6.11. The number of thiophene rings is 1. The third kappa shape index (κ3) is 4.23. The number of ketones is 1. The van der Waals surface area contributed by atoms with Crippen LogP contribution in [-0.2, 0) is 4.74 Å². The molecule has 3 heterocycles. The van der Waals surface area contributed by atoms with E-state index in [-0.39, 0.29) is 11.7 Å². The van der Waals surface area contributed by atoms with Crippen molar-refractivity contribution >= 4 is 23.0 Å². The predicted octanol–water partition coefficient (Wildman–Crippen LogP) is 2.67. The van der Waals surface area contributed by atoms with Gasteiger partial charge in [0.15, 0.2) is 5.78 Å². The highest BCUT2D eigenvalue weighted by atomic mass is 32.1. The molecule has 6 heteroatoms. The number of piperidine rings is 1. The number of likely N-dealkylation sites (tertiary alicyclic amines) is 1. The topological polar surface area (TPSA) is 49.9 Å². The monoisotopic (exact) mass is 350 g/mol. The predicted molar refractivity (Wildman–Crippen MR) is 94.9 cm³/mol. The van der Waals surface area contributed by atoms with Crippen molar-refractivity contribution in [1.82, 2.24) is 9.80 Å². The zero-order valence-corrected chi connectivity index (χ0v) is 15.1. The van der Waals surface area contributed by atoms with Crippen molar-refractivity contribution in [3.05, 3.63) is 21.9 Å². The van der Waals surface area contributed by atoms with Crippen LogP contribution in [0.5, 0.6) is 0 Å². The summed E-state index contributed by atoms with van der Waals surface area (Å²) in [6.45, 7) is 7.03. The highest BCUT2D eigenvalue weighted by Gasteiger charge is 2.29. The SMILES string of the molecule is CC(=O)c1ccc(C(=O)N2CCCCC2CCN2CCOCC2)s1. The fourth-order valence-corrected chi connectivity index (χ4v) is 4.37. The van der Waals surface area contributed by atoms with Gasteiger partial charge in [0.05, 0.1) is 23.0 Å². The minimum atomic E-state index is 0.0292. The van der Waals surface area contributed by atoms with E-state index in [9.17, 15) is 9.59 Å². The molecule has 2 saturated heterocycles. The van der Waals surface area contributed by atoms with Gasteiger partial charge in [-0.15, -0.1) is 11.3 Å². The van der Waals surface area contributed by atoms with Crippen molar-refractivity contribution in [2.75, 3.05) is 39.4 Å². The summed E-state index contributed by atoms with van der Waals surface area (Å²) in [4.78, 5) is 30.2. The van der Waals surface area contributed by atoms with E-state index in [4.69, 9.17) is 4.74 Å². The molecule has 0 radical (unpaired) electrons. The van der Waals surface area contributed by atoms with Crippen molar-refractivity contribution in [3.8, 4) is 0 Å². The maximum atomic E-state index is 12.9. The Morgan fingerprint density at radius 2 is 1.92 bits per heavy atom. The van der Waals surface area contributed by atoms with Crippen LogP contribution in [0.4, 0.5) is 0 Å². The first kappa shape index (κ1) is 17.6. The Bertz CT molecular complexity index is 581. The molecule has 0 saturated carbocycles. The molecule has 2 fully saturated rings. The number of hydrogen-bond acceptors (Lipinski definition) is 5. The maximum Gasteiger partial charge on any atom is 0.264 e. The van der Waals surface area contributed by atoms with Gasteiger partial charge < -0.3 is 9.64 Å². The fraction of sp³-hybridized carbons (Fsp3) is 0.667. The van der Waals surface area contributed by atoms with Gasteiger partial charge >= 0.3 is 0 Å². The lowest BCUT2D eigenvalue weighted by atomic mass is 9.98. The second-order valence-electron chi connectivity index (χ2n) is 6.61. The first-order valence-electron chi connectivity index (χ1n) is 8.87. The minimum Gasteiger partial charge on any atom is -0.379 e. The van der Waals surface area contributed by atoms with Gasteiger partial charge in [0, 0.05) is 32.2 Å². The van der Waals surface area contributed by atoms with Gasteiger partial charge in [-0.1, -0.05) is 0 Å². The zero-order valence-electron chi connectivity index (χ0n) is 14.3. The molecule has 0 bridgehead atoms. The van der Waals surface area contributed by atoms with Gasteiger partial charge in [0.1, 0.15) is 0 Å². The van der Waals surface area contributed by atoms with Crippen LogP contribution in [0.15, 0.2) is 12.1 Å². The molecule has 1 unspecified atom stereocenters. The maximum absolute atomic E-state index is 12.9. The first-order chi connectivity index (χ1) is 11.6. The van der Waals surface area contributed by atoms with Crippen LogP contribution in [0, 0.1) is 0 Å². The van der Waals surface area contributed by atoms with Gasteiger partial charge in [-0.25, -0.2) is 0 Å². The average Bonchev–Trinajstić information content (AvgIpc) is 3.11. The third-order valence-electron chi connectivity index (χ3n) is 4.93. The molecule has 0 spiro atoms. The van der Waals surface area contributed by atoms with E-state index in [2.05, 4.69) is 4.90 Å². The molecule has 3 rings (SSSR count). The van der Waals surface area contributed by atoms with Gasteiger partial charge in [-0.2, -0.15) is 0 Å². The summed E-state index contributed by atoms with van der Waals surface area (Å²) in [7, 11) is 0. The Kier molecular flexibility index (Phi) is 6.03.